The van der Waals surface area contributed by atoms with E-state index >= 15 is 0 Å². The molecule has 2 aromatic rings. The average Bonchev–Trinajstić information content (AvgIpc) is 3.57. The fourth-order valence-corrected chi connectivity index (χ4v) is 3.97. The van der Waals surface area contributed by atoms with Crippen LogP contribution in [0.15, 0.2) is 43.1 Å². The molecule has 2 amide bonds. The van der Waals surface area contributed by atoms with E-state index in [0.29, 0.717) is 30.4 Å². The van der Waals surface area contributed by atoms with E-state index in [9.17, 15) is 9.59 Å². The summed E-state index contributed by atoms with van der Waals surface area (Å²) in [5.74, 6) is 0.315. The number of nitrogens with two attached hydrogens (primary N) is 1. The molecule has 1 aliphatic heterocycles. The van der Waals surface area contributed by atoms with Crippen LogP contribution in [0.4, 0.5) is 5.95 Å². The lowest BCUT2D eigenvalue weighted by atomic mass is 9.98. The zero-order valence-electron chi connectivity index (χ0n) is 15.9. The van der Waals surface area contributed by atoms with Crippen LogP contribution in [0.25, 0.3) is 11.3 Å². The number of piperazine rings is 1. The predicted octanol–water partition coefficient (Wildman–Crippen LogP) is 2.69. The summed E-state index contributed by atoms with van der Waals surface area (Å²) in [6, 6.07) is 7.00. The van der Waals surface area contributed by atoms with Gasteiger partial charge in [-0.3, -0.25) is 9.59 Å². The van der Waals surface area contributed by atoms with E-state index in [1.165, 1.54) is 6.08 Å². The van der Waals surface area contributed by atoms with Crippen LogP contribution in [0.5, 0.6) is 0 Å². The Morgan fingerprint density at radius 1 is 1.24 bits per heavy atom. The van der Waals surface area contributed by atoms with Gasteiger partial charge in [0.2, 0.25) is 17.8 Å². The molecule has 0 unspecified atom stereocenters. The first-order valence-electron chi connectivity index (χ1n) is 9.57. The number of rotatable bonds is 4. The number of hydrogen-bond donors (Lipinski definition) is 1. The second kappa shape index (κ2) is 7.83. The maximum Gasteiger partial charge on any atom is 0.246 e. The molecule has 0 bridgehead atoms. The third-order valence-electron chi connectivity index (χ3n) is 5.35. The van der Waals surface area contributed by atoms with Crippen molar-refractivity contribution in [3.63, 3.8) is 0 Å². The van der Waals surface area contributed by atoms with E-state index in [2.05, 4.69) is 16.5 Å². The molecule has 2 N–H and O–H groups in total. The summed E-state index contributed by atoms with van der Waals surface area (Å²) in [5, 5.41) is 0.520. The number of nitrogen functional groups attached to an aromatic ring is 1. The van der Waals surface area contributed by atoms with Gasteiger partial charge >= 0.3 is 0 Å². The van der Waals surface area contributed by atoms with E-state index in [1.54, 1.807) is 23.2 Å². The molecule has 1 aliphatic carbocycles. The van der Waals surface area contributed by atoms with Crippen LogP contribution in [0.1, 0.15) is 24.4 Å². The number of aromatic nitrogens is 2. The third-order valence-corrected chi connectivity index (χ3v) is 5.57. The van der Waals surface area contributed by atoms with Gasteiger partial charge in [0.1, 0.15) is 0 Å². The van der Waals surface area contributed by atoms with Crippen molar-refractivity contribution in [1.29, 1.82) is 0 Å². The van der Waals surface area contributed by atoms with Crippen molar-refractivity contribution in [3.05, 3.63) is 53.7 Å². The van der Waals surface area contributed by atoms with Gasteiger partial charge in [0.05, 0.1) is 11.7 Å². The number of hydrogen-bond acceptors (Lipinski definition) is 5. The van der Waals surface area contributed by atoms with Crippen molar-refractivity contribution in [2.24, 2.45) is 5.92 Å². The van der Waals surface area contributed by atoms with Crippen LogP contribution in [0.3, 0.4) is 0 Å². The molecule has 1 saturated heterocycles. The summed E-state index contributed by atoms with van der Waals surface area (Å²) in [5.41, 5.74) is 7.98. The second-order valence-corrected chi connectivity index (χ2v) is 7.82. The normalized spacial score (nSPS) is 19.1. The molecule has 2 fully saturated rings. The Labute approximate surface area is 174 Å². The van der Waals surface area contributed by atoms with Gasteiger partial charge in [-0.1, -0.05) is 18.2 Å². The maximum absolute atomic E-state index is 12.6. The van der Waals surface area contributed by atoms with Gasteiger partial charge in [0.25, 0.3) is 0 Å². The van der Waals surface area contributed by atoms with Crippen LogP contribution in [0.2, 0.25) is 5.02 Å². The molecule has 2 aliphatic rings. The molecule has 7 nitrogen and oxygen atoms in total. The molecule has 1 atom stereocenters. The quantitative estimate of drug-likeness (QED) is 0.781. The lowest BCUT2D eigenvalue weighted by Crippen LogP contribution is -2.52. The van der Waals surface area contributed by atoms with Gasteiger partial charge in [-0.05, 0) is 48.7 Å². The largest absolute Gasteiger partial charge is 0.368 e. The molecule has 8 heteroatoms. The van der Waals surface area contributed by atoms with E-state index < -0.39 is 0 Å². The zero-order valence-corrected chi connectivity index (χ0v) is 16.7. The van der Waals surface area contributed by atoms with E-state index in [4.69, 9.17) is 17.3 Å². The van der Waals surface area contributed by atoms with Gasteiger partial charge in [0, 0.05) is 42.3 Å². The first-order chi connectivity index (χ1) is 14.0. The first kappa shape index (κ1) is 19.4. The Morgan fingerprint density at radius 2 is 2.03 bits per heavy atom. The summed E-state index contributed by atoms with van der Waals surface area (Å²) in [4.78, 5) is 36.9. The Bertz CT molecular complexity index is 975. The second-order valence-electron chi connectivity index (χ2n) is 7.38. The lowest BCUT2D eigenvalue weighted by Gasteiger charge is -2.41. The molecule has 2 heterocycles. The van der Waals surface area contributed by atoms with E-state index in [0.717, 1.165) is 24.0 Å². The van der Waals surface area contributed by atoms with E-state index in [1.807, 2.05) is 17.0 Å². The molecule has 0 spiro atoms. The SMILES string of the molecule is C=CC(=O)N1CCN(C(=O)C2CC2)C[C@H]1c1cc(Cl)cc(-c2ccnc(N)n2)c1. The van der Waals surface area contributed by atoms with E-state index in [-0.39, 0.29) is 29.7 Å². The molecule has 1 aromatic carbocycles. The number of carbonyl (C=O) groups is 2. The molecule has 1 aromatic heterocycles. The van der Waals surface area contributed by atoms with Crippen molar-refractivity contribution in [2.45, 2.75) is 18.9 Å². The smallest absolute Gasteiger partial charge is 0.246 e. The predicted molar refractivity (Wildman–Crippen MR) is 111 cm³/mol. The van der Waals surface area contributed by atoms with Gasteiger partial charge < -0.3 is 15.5 Å². The van der Waals surface area contributed by atoms with Crippen molar-refractivity contribution in [3.8, 4) is 11.3 Å². The average molecular weight is 412 g/mol. The summed E-state index contributed by atoms with van der Waals surface area (Å²) in [6.45, 7) is 5.03. The topological polar surface area (TPSA) is 92.4 Å². The fraction of sp³-hybridized carbons (Fsp3) is 0.333. The number of benzene rings is 1. The molecule has 150 valence electrons. The van der Waals surface area contributed by atoms with Crippen LogP contribution < -0.4 is 5.73 Å². The number of amides is 2. The molecule has 0 radical (unpaired) electrons. The highest BCUT2D eigenvalue weighted by atomic mass is 35.5. The van der Waals surface area contributed by atoms with Gasteiger partial charge in [0.15, 0.2) is 0 Å². The monoisotopic (exact) mass is 411 g/mol. The van der Waals surface area contributed by atoms with Gasteiger partial charge in [-0.2, -0.15) is 0 Å². The van der Waals surface area contributed by atoms with Crippen molar-refractivity contribution >= 4 is 29.4 Å². The highest BCUT2D eigenvalue weighted by molar-refractivity contribution is 6.31. The van der Waals surface area contributed by atoms with Crippen molar-refractivity contribution in [1.82, 2.24) is 19.8 Å². The summed E-state index contributed by atoms with van der Waals surface area (Å²) in [6.07, 6.45) is 4.79. The minimum absolute atomic E-state index is 0.135. The third kappa shape index (κ3) is 4.10. The minimum atomic E-state index is -0.311. The summed E-state index contributed by atoms with van der Waals surface area (Å²) >= 11 is 6.40. The molecular weight excluding hydrogens is 390 g/mol. The van der Waals surface area contributed by atoms with Crippen LogP contribution in [-0.4, -0.2) is 51.2 Å². The lowest BCUT2D eigenvalue weighted by molar-refractivity contribution is -0.141. The standard InChI is InChI=1S/C21H22ClN5O2/c1-2-19(28)27-8-7-26(20(29)13-3-4-13)12-18(27)15-9-14(10-16(22)11-15)17-5-6-24-21(23)25-17/h2,5-6,9-11,13,18H,1,3-4,7-8,12H2,(H2,23,24,25)/t18-/m0/s1. The summed E-state index contributed by atoms with van der Waals surface area (Å²) in [7, 11) is 0. The Hall–Kier alpha value is -2.93. The highest BCUT2D eigenvalue weighted by Crippen LogP contribution is 2.35. The van der Waals surface area contributed by atoms with Crippen molar-refractivity contribution < 1.29 is 9.59 Å². The van der Waals surface area contributed by atoms with Gasteiger partial charge in [-0.15, -0.1) is 0 Å². The van der Waals surface area contributed by atoms with Crippen molar-refractivity contribution in [2.75, 3.05) is 25.4 Å². The number of halogens is 1. The summed E-state index contributed by atoms with van der Waals surface area (Å²) < 4.78 is 0. The van der Waals surface area contributed by atoms with Crippen LogP contribution in [0, 0.1) is 5.92 Å². The highest BCUT2D eigenvalue weighted by Gasteiger charge is 2.38. The van der Waals surface area contributed by atoms with Crippen LogP contribution >= 0.6 is 11.6 Å². The number of carbonyl (C=O) groups excluding carboxylic acids is 2. The zero-order chi connectivity index (χ0) is 20.5. The molecule has 29 heavy (non-hydrogen) atoms. The number of anilines is 1. The Kier molecular flexibility index (Phi) is 5.24. The fourth-order valence-electron chi connectivity index (χ4n) is 3.73. The molecule has 1 saturated carbocycles. The number of nitrogens with zero attached hydrogens (tertiary/aromatic N) is 4. The first-order valence-corrected chi connectivity index (χ1v) is 9.95. The van der Waals surface area contributed by atoms with Crippen LogP contribution in [-0.2, 0) is 9.59 Å². The molecular formula is C21H22ClN5O2. The Balaban J connectivity index is 1.70. The molecule has 4 rings (SSSR count). The van der Waals surface area contributed by atoms with Gasteiger partial charge in [-0.25, -0.2) is 9.97 Å². The maximum atomic E-state index is 12.6. The minimum Gasteiger partial charge on any atom is -0.368 e. The Morgan fingerprint density at radius 3 is 2.72 bits per heavy atom.